The van der Waals surface area contributed by atoms with Crippen LogP contribution in [-0.4, -0.2) is 37.5 Å². The quantitative estimate of drug-likeness (QED) is 0.550. The SMILES string of the molecule is Cc1cc(C(F)(F)F)n2nc(C(=O)N3[C@@H]4CC[C@H]3CC(c3ccc(F)cc3)C4)cc2n1. The normalized spacial score (nSPS) is 23.5. The second-order valence-corrected chi connectivity index (χ2v) is 8.40. The third-order valence-corrected chi connectivity index (χ3v) is 6.37. The monoisotopic (exact) mass is 432 g/mol. The van der Waals surface area contributed by atoms with E-state index in [0.29, 0.717) is 4.52 Å². The molecule has 5 rings (SSSR count). The molecule has 5 nitrogen and oxygen atoms in total. The number of aryl methyl sites for hydroxylation is 1. The zero-order valence-corrected chi connectivity index (χ0v) is 16.7. The van der Waals surface area contributed by atoms with Crippen molar-refractivity contribution in [1.82, 2.24) is 19.5 Å². The average molecular weight is 432 g/mol. The van der Waals surface area contributed by atoms with Crippen molar-refractivity contribution in [3.8, 4) is 0 Å². The maximum Gasteiger partial charge on any atom is 0.433 e. The van der Waals surface area contributed by atoms with E-state index in [2.05, 4.69) is 10.1 Å². The molecule has 1 aromatic carbocycles. The zero-order chi connectivity index (χ0) is 21.9. The summed E-state index contributed by atoms with van der Waals surface area (Å²) in [6.45, 7) is 1.48. The second kappa shape index (κ2) is 7.03. The Balaban J connectivity index is 1.43. The van der Waals surface area contributed by atoms with Gasteiger partial charge in [-0.15, -0.1) is 0 Å². The molecule has 9 heteroatoms. The van der Waals surface area contributed by atoms with Crippen molar-refractivity contribution in [3.05, 3.63) is 64.9 Å². The second-order valence-electron chi connectivity index (χ2n) is 8.40. The van der Waals surface area contributed by atoms with Crippen molar-refractivity contribution in [2.75, 3.05) is 0 Å². The first-order chi connectivity index (χ1) is 14.7. The van der Waals surface area contributed by atoms with Gasteiger partial charge in [0.25, 0.3) is 5.91 Å². The summed E-state index contributed by atoms with van der Waals surface area (Å²) in [4.78, 5) is 19.1. The van der Waals surface area contributed by atoms with Crippen LogP contribution in [0.15, 0.2) is 36.4 Å². The number of piperidine rings is 1. The smallest absolute Gasteiger partial charge is 0.331 e. The van der Waals surface area contributed by atoms with Crippen molar-refractivity contribution >= 4 is 11.6 Å². The van der Waals surface area contributed by atoms with Crippen LogP contribution in [0.3, 0.4) is 0 Å². The van der Waals surface area contributed by atoms with E-state index in [-0.39, 0.29) is 46.8 Å². The lowest BCUT2D eigenvalue weighted by Crippen LogP contribution is -2.46. The van der Waals surface area contributed by atoms with Gasteiger partial charge in [-0.25, -0.2) is 13.9 Å². The number of aromatic nitrogens is 3. The number of alkyl halides is 3. The molecular formula is C22H20F4N4O. The highest BCUT2D eigenvalue weighted by atomic mass is 19.4. The van der Waals surface area contributed by atoms with Crippen LogP contribution in [-0.2, 0) is 6.18 Å². The van der Waals surface area contributed by atoms with E-state index < -0.39 is 11.9 Å². The standard InChI is InChI=1S/C22H20F4N4O/c1-12-8-19(22(24,25)26)30-20(27-12)11-18(28-30)21(31)29-16-6-7-17(29)10-14(9-16)13-2-4-15(23)5-3-13/h2-5,8,11,14,16-17H,6-7,9-10H2,1H3/t14?,16-,17+. The molecule has 2 fully saturated rings. The number of rotatable bonds is 2. The van der Waals surface area contributed by atoms with Crippen LogP contribution in [0, 0.1) is 12.7 Å². The summed E-state index contributed by atoms with van der Waals surface area (Å²) in [7, 11) is 0. The number of benzene rings is 1. The predicted molar refractivity (Wildman–Crippen MR) is 104 cm³/mol. The van der Waals surface area contributed by atoms with Crippen LogP contribution in [0.5, 0.6) is 0 Å². The van der Waals surface area contributed by atoms with Crippen molar-refractivity contribution in [2.45, 2.75) is 56.8 Å². The minimum Gasteiger partial charge on any atom is -0.331 e. The first-order valence-electron chi connectivity index (χ1n) is 10.2. The van der Waals surface area contributed by atoms with Crippen LogP contribution in [0.1, 0.15) is 59.0 Å². The Hall–Kier alpha value is -2.97. The molecule has 0 N–H and O–H groups in total. The van der Waals surface area contributed by atoms with Gasteiger partial charge in [0.1, 0.15) is 11.5 Å². The fraction of sp³-hybridized carbons (Fsp3) is 0.409. The fourth-order valence-electron chi connectivity index (χ4n) is 5.05. The number of fused-ring (bicyclic) bond motifs is 3. The molecule has 2 aromatic heterocycles. The maximum absolute atomic E-state index is 13.4. The van der Waals surface area contributed by atoms with E-state index in [1.54, 1.807) is 17.0 Å². The van der Waals surface area contributed by atoms with Crippen molar-refractivity contribution in [3.63, 3.8) is 0 Å². The van der Waals surface area contributed by atoms with Crippen molar-refractivity contribution in [1.29, 1.82) is 0 Å². The lowest BCUT2D eigenvalue weighted by molar-refractivity contribution is -0.142. The van der Waals surface area contributed by atoms with Gasteiger partial charge in [0.2, 0.25) is 0 Å². The number of carbonyl (C=O) groups excluding carboxylic acids is 1. The van der Waals surface area contributed by atoms with Crippen LogP contribution in [0.4, 0.5) is 17.6 Å². The fourth-order valence-corrected chi connectivity index (χ4v) is 5.05. The molecule has 2 aliphatic rings. The van der Waals surface area contributed by atoms with E-state index >= 15 is 0 Å². The molecular weight excluding hydrogens is 412 g/mol. The summed E-state index contributed by atoms with van der Waals surface area (Å²) in [5.74, 6) is -0.418. The molecule has 31 heavy (non-hydrogen) atoms. The Morgan fingerprint density at radius 3 is 2.32 bits per heavy atom. The minimum atomic E-state index is -4.61. The average Bonchev–Trinajstić information content (AvgIpc) is 3.24. The molecule has 0 radical (unpaired) electrons. The summed E-state index contributed by atoms with van der Waals surface area (Å²) in [5, 5.41) is 3.98. The highest BCUT2D eigenvalue weighted by Gasteiger charge is 2.44. The molecule has 1 amide bonds. The van der Waals surface area contributed by atoms with E-state index in [0.717, 1.165) is 37.3 Å². The number of amides is 1. The zero-order valence-electron chi connectivity index (χ0n) is 16.7. The number of halogens is 4. The molecule has 2 aliphatic heterocycles. The van der Waals surface area contributed by atoms with Crippen molar-refractivity contribution in [2.24, 2.45) is 0 Å². The summed E-state index contributed by atoms with van der Waals surface area (Å²) >= 11 is 0. The number of hydrogen-bond acceptors (Lipinski definition) is 3. The Morgan fingerprint density at radius 2 is 1.71 bits per heavy atom. The minimum absolute atomic E-state index is 0.00391. The highest BCUT2D eigenvalue weighted by Crippen LogP contribution is 2.43. The van der Waals surface area contributed by atoms with E-state index in [1.807, 2.05) is 0 Å². The van der Waals surface area contributed by atoms with Gasteiger partial charge in [0.05, 0.1) is 0 Å². The molecule has 162 valence electrons. The van der Waals surface area contributed by atoms with Crippen LogP contribution >= 0.6 is 0 Å². The first-order valence-corrected chi connectivity index (χ1v) is 10.2. The molecule has 2 saturated heterocycles. The Morgan fingerprint density at radius 1 is 1.06 bits per heavy atom. The first kappa shape index (κ1) is 20.0. The van der Waals surface area contributed by atoms with Gasteiger partial charge in [-0.2, -0.15) is 18.3 Å². The van der Waals surface area contributed by atoms with E-state index in [1.165, 1.54) is 25.1 Å². The van der Waals surface area contributed by atoms with Gasteiger partial charge in [0.15, 0.2) is 11.3 Å². The van der Waals surface area contributed by atoms with Gasteiger partial charge >= 0.3 is 6.18 Å². The van der Waals surface area contributed by atoms with Gasteiger partial charge in [-0.05, 0) is 62.3 Å². The Bertz CT molecular complexity index is 1140. The molecule has 3 atom stereocenters. The topological polar surface area (TPSA) is 50.5 Å². The third kappa shape index (κ3) is 3.45. The lowest BCUT2D eigenvalue weighted by Gasteiger charge is -2.39. The molecule has 2 bridgehead atoms. The van der Waals surface area contributed by atoms with E-state index in [9.17, 15) is 22.4 Å². The van der Waals surface area contributed by atoms with Crippen LogP contribution < -0.4 is 0 Å². The van der Waals surface area contributed by atoms with Crippen molar-refractivity contribution < 1.29 is 22.4 Å². The molecule has 1 unspecified atom stereocenters. The highest BCUT2D eigenvalue weighted by molar-refractivity contribution is 5.94. The number of nitrogens with zero attached hydrogens (tertiary/aromatic N) is 4. The van der Waals surface area contributed by atoms with Gasteiger partial charge in [-0.3, -0.25) is 4.79 Å². The predicted octanol–water partition coefficient (Wildman–Crippen LogP) is 4.75. The summed E-state index contributed by atoms with van der Waals surface area (Å²) in [6.07, 6.45) is -1.44. The van der Waals surface area contributed by atoms with Gasteiger partial charge in [0, 0.05) is 23.8 Å². The maximum atomic E-state index is 13.4. The summed E-state index contributed by atoms with van der Waals surface area (Å²) in [6, 6.07) is 8.68. The summed E-state index contributed by atoms with van der Waals surface area (Å²) in [5.41, 5.74) is 0.281. The molecule has 0 aliphatic carbocycles. The molecule has 4 heterocycles. The number of carbonyl (C=O) groups is 1. The molecule has 3 aromatic rings. The molecule has 0 saturated carbocycles. The Kier molecular flexibility index (Phi) is 4.53. The van der Waals surface area contributed by atoms with Crippen LogP contribution in [0.2, 0.25) is 0 Å². The van der Waals surface area contributed by atoms with E-state index in [4.69, 9.17) is 0 Å². The number of hydrogen-bond donors (Lipinski definition) is 0. The lowest BCUT2D eigenvalue weighted by atomic mass is 9.85. The van der Waals surface area contributed by atoms with Gasteiger partial charge in [-0.1, -0.05) is 12.1 Å². The van der Waals surface area contributed by atoms with Crippen LogP contribution in [0.25, 0.3) is 5.65 Å². The van der Waals surface area contributed by atoms with Gasteiger partial charge < -0.3 is 4.90 Å². The molecule has 0 spiro atoms. The largest absolute Gasteiger partial charge is 0.433 e. The Labute approximate surface area is 175 Å². The summed E-state index contributed by atoms with van der Waals surface area (Å²) < 4.78 is 54.2. The third-order valence-electron chi connectivity index (χ3n) is 6.37.